The molecule has 0 radical (unpaired) electrons. The largest absolute Gasteiger partial charge is 0.493 e. The molecule has 0 saturated heterocycles. The average molecular weight is 438 g/mol. The van der Waals surface area contributed by atoms with Crippen LogP contribution in [0, 0.1) is 6.92 Å². The number of aromatic nitrogens is 3. The number of para-hydroxylation sites is 1. The van der Waals surface area contributed by atoms with Gasteiger partial charge in [0.2, 0.25) is 5.82 Å². The van der Waals surface area contributed by atoms with Gasteiger partial charge in [-0.3, -0.25) is 9.59 Å². The molecule has 2 aromatic carbocycles. The van der Waals surface area contributed by atoms with Gasteiger partial charge in [0.25, 0.3) is 11.8 Å². The third kappa shape index (κ3) is 5.23. The second kappa shape index (κ2) is 9.95. The van der Waals surface area contributed by atoms with Gasteiger partial charge < -0.3 is 20.5 Å². The van der Waals surface area contributed by atoms with E-state index in [0.29, 0.717) is 23.2 Å². The standard InChI is InChI=1S/C23H27N5O4/c1-14(2)17-7-5-6-8-18(17)28-15(3)26-22(27-28)23(30)25-12-16-9-10-19(20(11-16)31-4)32-13-21(24)29/h5-11,14H,12-13H2,1-4H3,(H2,24,29)(H,25,30). The molecule has 3 N–H and O–H groups in total. The van der Waals surface area contributed by atoms with Crippen LogP contribution >= 0.6 is 0 Å². The van der Waals surface area contributed by atoms with Gasteiger partial charge in [-0.05, 0) is 42.2 Å². The molecule has 3 rings (SSSR count). The number of methoxy groups -OCH3 is 1. The summed E-state index contributed by atoms with van der Waals surface area (Å²) in [5, 5.41) is 7.25. The Hall–Kier alpha value is -3.88. The molecule has 0 fully saturated rings. The van der Waals surface area contributed by atoms with Crippen LogP contribution in [0.5, 0.6) is 11.5 Å². The minimum Gasteiger partial charge on any atom is -0.493 e. The molecule has 32 heavy (non-hydrogen) atoms. The first-order valence-corrected chi connectivity index (χ1v) is 10.2. The van der Waals surface area contributed by atoms with Crippen LogP contribution in [0.15, 0.2) is 42.5 Å². The number of amides is 2. The van der Waals surface area contributed by atoms with Gasteiger partial charge >= 0.3 is 0 Å². The SMILES string of the molecule is COc1cc(CNC(=O)c2nc(C)n(-c3ccccc3C(C)C)n2)ccc1OCC(N)=O. The van der Waals surface area contributed by atoms with E-state index in [0.717, 1.165) is 16.8 Å². The maximum absolute atomic E-state index is 12.7. The fourth-order valence-electron chi connectivity index (χ4n) is 3.23. The summed E-state index contributed by atoms with van der Waals surface area (Å²) in [7, 11) is 1.49. The quantitative estimate of drug-likeness (QED) is 0.530. The Bertz CT molecular complexity index is 1120. The molecule has 0 aliphatic rings. The van der Waals surface area contributed by atoms with Crippen LogP contribution in [-0.2, 0) is 11.3 Å². The lowest BCUT2D eigenvalue weighted by Crippen LogP contribution is -2.24. The molecule has 0 spiro atoms. The number of ether oxygens (including phenoxy) is 2. The lowest BCUT2D eigenvalue weighted by Gasteiger charge is -2.12. The summed E-state index contributed by atoms with van der Waals surface area (Å²) in [5.74, 6) is 0.874. The first kappa shape index (κ1) is 22.8. The molecule has 168 valence electrons. The Labute approximate surface area is 186 Å². The molecule has 1 aromatic heterocycles. The van der Waals surface area contributed by atoms with Crippen molar-refractivity contribution in [2.75, 3.05) is 13.7 Å². The fraction of sp³-hybridized carbons (Fsp3) is 0.304. The van der Waals surface area contributed by atoms with E-state index in [-0.39, 0.29) is 24.9 Å². The van der Waals surface area contributed by atoms with Crippen LogP contribution in [0.1, 0.15) is 47.3 Å². The van der Waals surface area contributed by atoms with Crippen LogP contribution in [0.2, 0.25) is 0 Å². The van der Waals surface area contributed by atoms with Gasteiger partial charge in [0.1, 0.15) is 5.82 Å². The number of carbonyl (C=O) groups excluding carboxylic acids is 2. The predicted molar refractivity (Wildman–Crippen MR) is 119 cm³/mol. The zero-order valence-corrected chi connectivity index (χ0v) is 18.6. The molecule has 9 nitrogen and oxygen atoms in total. The van der Waals surface area contributed by atoms with E-state index in [4.69, 9.17) is 15.2 Å². The molecule has 9 heteroatoms. The van der Waals surface area contributed by atoms with Crippen molar-refractivity contribution in [1.82, 2.24) is 20.1 Å². The van der Waals surface area contributed by atoms with Gasteiger partial charge in [-0.2, -0.15) is 0 Å². The Morgan fingerprint density at radius 1 is 1.16 bits per heavy atom. The van der Waals surface area contributed by atoms with Crippen molar-refractivity contribution < 1.29 is 19.1 Å². The van der Waals surface area contributed by atoms with Gasteiger partial charge in [0, 0.05) is 6.54 Å². The summed E-state index contributed by atoms with van der Waals surface area (Å²) in [4.78, 5) is 27.9. The first-order valence-electron chi connectivity index (χ1n) is 10.2. The third-order valence-corrected chi connectivity index (χ3v) is 4.81. The topological polar surface area (TPSA) is 121 Å². The lowest BCUT2D eigenvalue weighted by molar-refractivity contribution is -0.119. The molecule has 0 bridgehead atoms. The van der Waals surface area contributed by atoms with Crippen LogP contribution in [-0.4, -0.2) is 40.3 Å². The highest BCUT2D eigenvalue weighted by Crippen LogP contribution is 2.28. The zero-order valence-electron chi connectivity index (χ0n) is 18.6. The van der Waals surface area contributed by atoms with E-state index >= 15 is 0 Å². The van der Waals surface area contributed by atoms with Gasteiger partial charge in [-0.15, -0.1) is 5.10 Å². The lowest BCUT2D eigenvalue weighted by atomic mass is 10.0. The van der Waals surface area contributed by atoms with E-state index in [9.17, 15) is 9.59 Å². The van der Waals surface area contributed by atoms with Crippen molar-refractivity contribution >= 4 is 11.8 Å². The second-order valence-electron chi connectivity index (χ2n) is 7.53. The number of primary amides is 1. The Morgan fingerprint density at radius 3 is 2.59 bits per heavy atom. The number of nitrogens with two attached hydrogens (primary N) is 1. The summed E-state index contributed by atoms with van der Waals surface area (Å²) in [6, 6.07) is 13.1. The summed E-state index contributed by atoms with van der Waals surface area (Å²) in [6.45, 7) is 6.02. The zero-order chi connectivity index (χ0) is 23.3. The van der Waals surface area contributed by atoms with Crippen molar-refractivity contribution in [1.29, 1.82) is 0 Å². The molecule has 0 aliphatic carbocycles. The maximum atomic E-state index is 12.7. The highest BCUT2D eigenvalue weighted by Gasteiger charge is 2.18. The number of aryl methyl sites for hydroxylation is 1. The third-order valence-electron chi connectivity index (χ3n) is 4.81. The molecule has 0 unspecified atom stereocenters. The van der Waals surface area contributed by atoms with Crippen molar-refractivity contribution in [3.8, 4) is 17.2 Å². The molecule has 3 aromatic rings. The first-order chi connectivity index (χ1) is 15.3. The number of rotatable bonds is 9. The van der Waals surface area contributed by atoms with Crippen molar-refractivity contribution in [2.24, 2.45) is 5.73 Å². The van der Waals surface area contributed by atoms with Crippen LogP contribution < -0.4 is 20.5 Å². The average Bonchev–Trinajstić information content (AvgIpc) is 3.17. The minimum absolute atomic E-state index is 0.0921. The van der Waals surface area contributed by atoms with E-state index in [1.807, 2.05) is 31.2 Å². The Balaban J connectivity index is 1.73. The summed E-state index contributed by atoms with van der Waals surface area (Å²) >= 11 is 0. The minimum atomic E-state index is -0.582. The predicted octanol–water partition coefficient (Wildman–Crippen LogP) is 2.50. The fourth-order valence-corrected chi connectivity index (χ4v) is 3.23. The Kier molecular flexibility index (Phi) is 7.09. The number of benzene rings is 2. The molecule has 2 amide bonds. The molecule has 0 saturated carbocycles. The van der Waals surface area contributed by atoms with Crippen LogP contribution in [0.4, 0.5) is 0 Å². The van der Waals surface area contributed by atoms with E-state index < -0.39 is 5.91 Å². The van der Waals surface area contributed by atoms with Gasteiger partial charge in [-0.25, -0.2) is 9.67 Å². The monoisotopic (exact) mass is 437 g/mol. The molecule has 0 aliphatic heterocycles. The van der Waals surface area contributed by atoms with E-state index in [1.54, 1.807) is 22.9 Å². The second-order valence-corrected chi connectivity index (χ2v) is 7.53. The van der Waals surface area contributed by atoms with E-state index in [1.165, 1.54) is 7.11 Å². The molecule has 1 heterocycles. The van der Waals surface area contributed by atoms with Gasteiger partial charge in [0.15, 0.2) is 18.1 Å². The van der Waals surface area contributed by atoms with Crippen molar-refractivity contribution in [3.63, 3.8) is 0 Å². The van der Waals surface area contributed by atoms with Crippen LogP contribution in [0.25, 0.3) is 5.69 Å². The maximum Gasteiger partial charge on any atom is 0.291 e. The van der Waals surface area contributed by atoms with Gasteiger partial charge in [-0.1, -0.05) is 38.1 Å². The number of nitrogens with one attached hydrogen (secondary N) is 1. The summed E-state index contributed by atoms with van der Waals surface area (Å²) < 4.78 is 12.3. The summed E-state index contributed by atoms with van der Waals surface area (Å²) in [6.07, 6.45) is 0. The van der Waals surface area contributed by atoms with Crippen LogP contribution in [0.3, 0.4) is 0 Å². The Morgan fingerprint density at radius 2 is 1.91 bits per heavy atom. The van der Waals surface area contributed by atoms with Gasteiger partial charge in [0.05, 0.1) is 12.8 Å². The number of carbonyl (C=O) groups is 2. The number of hydrogen-bond donors (Lipinski definition) is 2. The smallest absolute Gasteiger partial charge is 0.291 e. The number of nitrogens with zero attached hydrogens (tertiary/aromatic N) is 3. The summed E-state index contributed by atoms with van der Waals surface area (Å²) in [5.41, 5.74) is 7.91. The highest BCUT2D eigenvalue weighted by molar-refractivity contribution is 5.90. The molecular weight excluding hydrogens is 410 g/mol. The number of hydrogen-bond acceptors (Lipinski definition) is 6. The van der Waals surface area contributed by atoms with Crippen molar-refractivity contribution in [2.45, 2.75) is 33.2 Å². The van der Waals surface area contributed by atoms with Crippen molar-refractivity contribution in [3.05, 3.63) is 65.2 Å². The molecular formula is C23H27N5O4. The highest BCUT2D eigenvalue weighted by atomic mass is 16.5. The molecule has 0 atom stereocenters. The van der Waals surface area contributed by atoms with E-state index in [2.05, 4.69) is 29.2 Å². The normalized spacial score (nSPS) is 10.8.